The number of rotatable bonds is 7. The van der Waals surface area contributed by atoms with E-state index in [1.54, 1.807) is 26.8 Å². The number of pyridine rings is 1. The molecule has 16 heteroatoms. The maximum absolute atomic E-state index is 14.7. The molecule has 1 aromatic heterocycles. The van der Waals surface area contributed by atoms with Crippen LogP contribution in [-0.2, 0) is 29.1 Å². The lowest BCUT2D eigenvalue weighted by atomic mass is 9.88. The normalized spacial score (nSPS) is 29.8. The van der Waals surface area contributed by atoms with E-state index in [1.807, 2.05) is 19.1 Å². The number of ether oxygens (including phenoxy) is 3. The zero-order valence-corrected chi connectivity index (χ0v) is 32.3. The van der Waals surface area contributed by atoms with Crippen LogP contribution in [0.1, 0.15) is 79.6 Å². The molecule has 2 aliphatic carbocycles. The molecular formula is C38H50FN5O9S. The van der Waals surface area contributed by atoms with E-state index in [1.165, 1.54) is 30.3 Å². The highest BCUT2D eigenvalue weighted by Gasteiger charge is 2.62. The van der Waals surface area contributed by atoms with Crippen molar-refractivity contribution in [3.05, 3.63) is 42.4 Å². The van der Waals surface area contributed by atoms with Crippen LogP contribution in [0.2, 0.25) is 0 Å². The molecule has 0 bridgehead atoms. The fraction of sp³-hybridized carbons (Fsp3) is 0.605. The van der Waals surface area contributed by atoms with E-state index in [0.29, 0.717) is 36.5 Å². The molecule has 1 aromatic carbocycles. The van der Waals surface area contributed by atoms with Gasteiger partial charge >= 0.3 is 6.09 Å². The Morgan fingerprint density at radius 1 is 1.09 bits per heavy atom. The number of alkyl carbamates (subject to hydrolysis) is 1. The number of nitrogens with zero attached hydrogens (tertiary/aromatic N) is 2. The van der Waals surface area contributed by atoms with Crippen LogP contribution >= 0.6 is 0 Å². The summed E-state index contributed by atoms with van der Waals surface area (Å²) in [5.74, 6) is -3.05. The topological polar surface area (TPSA) is 182 Å². The predicted octanol–water partition coefficient (Wildman–Crippen LogP) is 4.12. The van der Waals surface area contributed by atoms with Gasteiger partial charge in [0.15, 0.2) is 0 Å². The van der Waals surface area contributed by atoms with E-state index in [4.69, 9.17) is 14.2 Å². The highest BCUT2D eigenvalue weighted by atomic mass is 32.2. The molecule has 4 amide bonds. The van der Waals surface area contributed by atoms with Gasteiger partial charge in [0.2, 0.25) is 27.7 Å². The highest BCUT2D eigenvalue weighted by Crippen LogP contribution is 2.46. The van der Waals surface area contributed by atoms with Crippen LogP contribution in [0.4, 0.5) is 9.18 Å². The van der Waals surface area contributed by atoms with Crippen molar-refractivity contribution in [2.75, 3.05) is 13.7 Å². The summed E-state index contributed by atoms with van der Waals surface area (Å²) in [4.78, 5) is 61.7. The Hall–Kier alpha value is -4.47. The Balaban J connectivity index is 1.36. The molecule has 14 nitrogen and oxygen atoms in total. The molecule has 0 unspecified atom stereocenters. The molecule has 6 rings (SSSR count). The lowest BCUT2D eigenvalue weighted by Crippen LogP contribution is -2.59. The van der Waals surface area contributed by atoms with Crippen LogP contribution in [0.15, 0.2) is 36.5 Å². The second-order valence-electron chi connectivity index (χ2n) is 16.2. The fourth-order valence-electron chi connectivity index (χ4n) is 7.54. The number of amides is 4. The number of benzene rings is 1. The average Bonchev–Trinajstić information content (AvgIpc) is 4.01. The second-order valence-corrected chi connectivity index (χ2v) is 18.2. The van der Waals surface area contributed by atoms with Gasteiger partial charge in [-0.2, -0.15) is 0 Å². The summed E-state index contributed by atoms with van der Waals surface area (Å²) in [7, 11) is -2.51. The molecule has 294 valence electrons. The lowest BCUT2D eigenvalue weighted by Gasteiger charge is -2.33. The summed E-state index contributed by atoms with van der Waals surface area (Å²) in [6, 6.07) is 1.86. The minimum Gasteiger partial charge on any atom is -0.496 e. The number of carbonyl (C=O) groups is 4. The number of allylic oxidation sites excluding steroid dienone is 1. The smallest absolute Gasteiger partial charge is 0.408 e. The lowest BCUT2D eigenvalue weighted by molar-refractivity contribution is -0.142. The van der Waals surface area contributed by atoms with Gasteiger partial charge in [-0.3, -0.25) is 19.1 Å². The number of hydrogen-bond donors (Lipinski definition) is 3. The molecule has 2 saturated carbocycles. The van der Waals surface area contributed by atoms with Gasteiger partial charge in [0.05, 0.1) is 24.3 Å². The fourth-order valence-corrected chi connectivity index (χ4v) is 8.91. The van der Waals surface area contributed by atoms with Gasteiger partial charge in [-0.15, -0.1) is 0 Å². The summed E-state index contributed by atoms with van der Waals surface area (Å²) in [6.45, 7) is 8.93. The van der Waals surface area contributed by atoms with E-state index in [2.05, 4.69) is 27.3 Å². The van der Waals surface area contributed by atoms with Gasteiger partial charge in [0.1, 0.15) is 40.9 Å². The largest absolute Gasteiger partial charge is 0.496 e. The van der Waals surface area contributed by atoms with Crippen LogP contribution < -0.4 is 24.8 Å². The number of aromatic nitrogens is 1. The molecule has 0 spiro atoms. The predicted molar refractivity (Wildman–Crippen MR) is 196 cm³/mol. The SMILES string of the molecule is COc1cc(F)cc2c(O[C@@H]3C[C@H]4C(=O)N[C@]5(C(=O)NS(=O)(=O)C6CC6)C[C@H]5/C=C\CC[C@H](C)C[C@@H](C)[C@H](NC(=O)OC(C)(C)C)C(=O)N4C3)nccc12. The molecule has 7 atom stereocenters. The third-order valence-electron chi connectivity index (χ3n) is 10.6. The summed E-state index contributed by atoms with van der Waals surface area (Å²) >= 11 is 0. The van der Waals surface area contributed by atoms with Crippen molar-refractivity contribution in [3.63, 3.8) is 0 Å². The maximum Gasteiger partial charge on any atom is 0.408 e. The van der Waals surface area contributed by atoms with Crippen molar-refractivity contribution in [1.29, 1.82) is 0 Å². The third kappa shape index (κ3) is 8.58. The van der Waals surface area contributed by atoms with Crippen molar-refractivity contribution in [1.82, 2.24) is 25.2 Å². The van der Waals surface area contributed by atoms with E-state index < -0.39 is 80.2 Å². The Bertz CT molecular complexity index is 1950. The molecule has 0 radical (unpaired) electrons. The number of methoxy groups -OCH3 is 1. The molecular weight excluding hydrogens is 722 g/mol. The van der Waals surface area contributed by atoms with Crippen LogP contribution in [0, 0.1) is 23.6 Å². The first-order valence-corrected chi connectivity index (χ1v) is 20.1. The molecule has 54 heavy (non-hydrogen) atoms. The van der Waals surface area contributed by atoms with Gasteiger partial charge in [-0.1, -0.05) is 26.0 Å². The van der Waals surface area contributed by atoms with Crippen molar-refractivity contribution in [2.24, 2.45) is 17.8 Å². The molecule has 2 aliphatic heterocycles. The van der Waals surface area contributed by atoms with Gasteiger partial charge in [-0.05, 0) is 83.3 Å². The first-order chi connectivity index (χ1) is 25.4. The first-order valence-electron chi connectivity index (χ1n) is 18.5. The maximum atomic E-state index is 14.7. The number of sulfonamides is 1. The van der Waals surface area contributed by atoms with E-state index >= 15 is 0 Å². The number of carbonyl (C=O) groups excluding carboxylic acids is 4. The van der Waals surface area contributed by atoms with Crippen LogP contribution in [0.5, 0.6) is 11.6 Å². The minimum absolute atomic E-state index is 0.0510. The monoisotopic (exact) mass is 771 g/mol. The summed E-state index contributed by atoms with van der Waals surface area (Å²) in [5, 5.41) is 5.82. The molecule has 3 N–H and O–H groups in total. The van der Waals surface area contributed by atoms with Crippen LogP contribution in [0.25, 0.3) is 10.8 Å². The quantitative estimate of drug-likeness (QED) is 0.347. The standard InChI is InChI=1S/C38H50FN5O9S/c1-21-9-7-8-10-23-19-38(23,35(47)43-54(49,50)26-11-12-26)42-32(45)29-18-25(52-33-28-16-24(39)17-30(51-6)27(28)13-14-40-33)20-44(29)34(46)31(22(2)15-21)41-36(48)53-37(3,4)5/h8,10,13-14,16-17,21-23,25-26,29,31H,7,9,11-12,15,18-20H2,1-6H3,(H,41,48)(H,42,45)(H,43,47)/b10-8-/t21-,22+,23+,25+,29-,31-,38+/m0/s1. The Labute approximate surface area is 315 Å². The number of hydrogen-bond acceptors (Lipinski definition) is 10. The van der Waals surface area contributed by atoms with Crippen molar-refractivity contribution >= 4 is 44.6 Å². The summed E-state index contributed by atoms with van der Waals surface area (Å²) < 4.78 is 59.8. The summed E-state index contributed by atoms with van der Waals surface area (Å²) in [5.41, 5.74) is -2.40. The zero-order valence-electron chi connectivity index (χ0n) is 31.5. The van der Waals surface area contributed by atoms with E-state index in [9.17, 15) is 32.0 Å². The Morgan fingerprint density at radius 2 is 1.83 bits per heavy atom. The number of halogens is 1. The van der Waals surface area contributed by atoms with E-state index in [0.717, 1.165) is 6.42 Å². The summed E-state index contributed by atoms with van der Waals surface area (Å²) in [6.07, 6.45) is 6.61. The molecule has 1 saturated heterocycles. The van der Waals surface area contributed by atoms with Gasteiger partial charge in [0, 0.05) is 30.0 Å². The van der Waals surface area contributed by atoms with Crippen LogP contribution in [0.3, 0.4) is 0 Å². The number of fused-ring (bicyclic) bond motifs is 3. The first kappa shape index (κ1) is 39.2. The second kappa shape index (κ2) is 15.0. The molecule has 2 aromatic rings. The highest BCUT2D eigenvalue weighted by molar-refractivity contribution is 7.91. The molecule has 3 heterocycles. The van der Waals surface area contributed by atoms with E-state index in [-0.39, 0.29) is 42.9 Å². The van der Waals surface area contributed by atoms with Crippen molar-refractivity contribution < 1.29 is 46.2 Å². The Kier molecular flexibility index (Phi) is 10.9. The van der Waals surface area contributed by atoms with Crippen molar-refractivity contribution in [3.8, 4) is 11.6 Å². The Morgan fingerprint density at radius 3 is 2.52 bits per heavy atom. The van der Waals surface area contributed by atoms with Gasteiger partial charge in [0.25, 0.3) is 5.91 Å². The minimum atomic E-state index is -3.93. The van der Waals surface area contributed by atoms with Crippen LogP contribution in [-0.4, -0.2) is 90.3 Å². The van der Waals surface area contributed by atoms with Gasteiger partial charge in [-0.25, -0.2) is 22.6 Å². The molecule has 4 aliphatic rings. The van der Waals surface area contributed by atoms with Crippen molar-refractivity contribution in [2.45, 2.75) is 114 Å². The van der Waals surface area contributed by atoms with Gasteiger partial charge < -0.3 is 29.7 Å². The third-order valence-corrected chi connectivity index (χ3v) is 12.4. The average molecular weight is 772 g/mol. The number of nitrogens with one attached hydrogen (secondary N) is 3. The molecule has 3 fully saturated rings. The zero-order chi connectivity index (χ0) is 39.2.